The molecule has 2 aromatic rings. The van der Waals surface area contributed by atoms with Crippen molar-refractivity contribution in [3.63, 3.8) is 0 Å². The van der Waals surface area contributed by atoms with E-state index in [2.05, 4.69) is 24.0 Å². The van der Waals surface area contributed by atoms with Crippen LogP contribution in [-0.4, -0.2) is 17.6 Å². The van der Waals surface area contributed by atoms with Crippen molar-refractivity contribution < 1.29 is 0 Å². The maximum Gasteiger partial charge on any atom is 0.186 e. The second-order valence-electron chi connectivity index (χ2n) is 5.02. The maximum absolute atomic E-state index is 5.89. The van der Waals surface area contributed by atoms with Gasteiger partial charge in [0, 0.05) is 29.6 Å². The molecule has 3 rings (SSSR count). The molecule has 0 spiro atoms. The monoisotopic (exact) mass is 273 g/mol. The lowest BCUT2D eigenvalue weighted by Gasteiger charge is -2.19. The number of thiazole rings is 1. The van der Waals surface area contributed by atoms with Gasteiger partial charge < -0.3 is 10.6 Å². The smallest absolute Gasteiger partial charge is 0.186 e. The van der Waals surface area contributed by atoms with Crippen LogP contribution in [0.2, 0.25) is 0 Å². The first-order valence-corrected chi connectivity index (χ1v) is 7.63. The molecule has 1 unspecified atom stereocenters. The molecule has 1 aliphatic rings. The molecule has 3 nitrogen and oxygen atoms in total. The summed E-state index contributed by atoms with van der Waals surface area (Å²) in [5.74, 6) is 0. The van der Waals surface area contributed by atoms with Gasteiger partial charge in [0.2, 0.25) is 0 Å². The second kappa shape index (κ2) is 5.31. The van der Waals surface area contributed by atoms with Gasteiger partial charge in [-0.15, -0.1) is 0 Å². The lowest BCUT2D eigenvalue weighted by Crippen LogP contribution is -2.25. The Morgan fingerprint density at radius 2 is 2.16 bits per heavy atom. The molecule has 0 amide bonds. The van der Waals surface area contributed by atoms with Crippen LogP contribution >= 0.6 is 11.3 Å². The Kier molecular flexibility index (Phi) is 3.53. The highest BCUT2D eigenvalue weighted by Gasteiger charge is 2.24. The van der Waals surface area contributed by atoms with Crippen LogP contribution in [0, 0.1) is 0 Å². The van der Waals surface area contributed by atoms with E-state index in [-0.39, 0.29) is 0 Å². The van der Waals surface area contributed by atoms with Crippen molar-refractivity contribution >= 4 is 16.5 Å². The molecule has 0 aliphatic carbocycles. The zero-order chi connectivity index (χ0) is 13.2. The van der Waals surface area contributed by atoms with E-state index in [0.717, 1.165) is 22.9 Å². The molecule has 0 bridgehead atoms. The summed E-state index contributed by atoms with van der Waals surface area (Å²) in [5.41, 5.74) is 8.11. The molecule has 100 valence electrons. The van der Waals surface area contributed by atoms with Gasteiger partial charge >= 0.3 is 0 Å². The van der Waals surface area contributed by atoms with Gasteiger partial charge in [-0.1, -0.05) is 41.7 Å². The fourth-order valence-corrected chi connectivity index (χ4v) is 3.73. The zero-order valence-electron chi connectivity index (χ0n) is 11.2. The molecule has 4 heteroatoms. The minimum atomic E-state index is 0.560. The van der Waals surface area contributed by atoms with Crippen LogP contribution in [0.5, 0.6) is 0 Å². The van der Waals surface area contributed by atoms with Crippen LogP contribution in [-0.2, 0) is 6.54 Å². The molecule has 1 saturated heterocycles. The number of rotatable bonds is 3. The summed E-state index contributed by atoms with van der Waals surface area (Å²) >= 11 is 1.75. The first kappa shape index (κ1) is 12.6. The molecule has 0 saturated carbocycles. The Balaban J connectivity index is 1.99. The molecule has 1 aromatic carbocycles. The summed E-state index contributed by atoms with van der Waals surface area (Å²) in [7, 11) is 0. The second-order valence-corrected chi connectivity index (χ2v) is 6.09. The van der Waals surface area contributed by atoms with Gasteiger partial charge in [0.05, 0.1) is 5.69 Å². The molecule has 1 atom stereocenters. The van der Waals surface area contributed by atoms with E-state index in [4.69, 9.17) is 10.7 Å². The van der Waals surface area contributed by atoms with E-state index >= 15 is 0 Å². The lowest BCUT2D eigenvalue weighted by molar-refractivity contribution is 0.733. The summed E-state index contributed by atoms with van der Waals surface area (Å²) in [6, 6.07) is 10.9. The fraction of sp³-hybridized carbons (Fsp3) is 0.400. The lowest BCUT2D eigenvalue weighted by atomic mass is 10.1. The van der Waals surface area contributed by atoms with Crippen LogP contribution in [0.25, 0.3) is 11.3 Å². The zero-order valence-corrected chi connectivity index (χ0v) is 12.0. The van der Waals surface area contributed by atoms with Gasteiger partial charge in [0.1, 0.15) is 0 Å². The van der Waals surface area contributed by atoms with Gasteiger partial charge in [0.15, 0.2) is 5.13 Å². The molecule has 1 aliphatic heterocycles. The van der Waals surface area contributed by atoms with E-state index in [1.54, 1.807) is 11.3 Å². The number of nitrogens with two attached hydrogens (primary N) is 1. The summed E-state index contributed by atoms with van der Waals surface area (Å²) in [6.07, 6.45) is 2.53. The predicted molar refractivity (Wildman–Crippen MR) is 81.5 cm³/mol. The van der Waals surface area contributed by atoms with Crippen molar-refractivity contribution in [2.24, 2.45) is 5.73 Å². The van der Waals surface area contributed by atoms with Crippen LogP contribution in [0.1, 0.15) is 24.6 Å². The SMILES string of the molecule is CC1CCCN1c1nc(-c2ccccc2)c(CN)s1. The number of aromatic nitrogens is 1. The maximum atomic E-state index is 5.89. The van der Waals surface area contributed by atoms with E-state index in [1.165, 1.54) is 17.7 Å². The number of benzene rings is 1. The molecule has 1 aromatic heterocycles. The van der Waals surface area contributed by atoms with E-state index < -0.39 is 0 Å². The highest BCUT2D eigenvalue weighted by molar-refractivity contribution is 7.16. The van der Waals surface area contributed by atoms with Gasteiger partial charge in [-0.25, -0.2) is 4.98 Å². The van der Waals surface area contributed by atoms with E-state index in [9.17, 15) is 0 Å². The third-order valence-electron chi connectivity index (χ3n) is 3.72. The standard InChI is InChI=1S/C15H19N3S/c1-11-6-5-9-18(11)15-17-14(13(10-16)19-15)12-7-3-2-4-8-12/h2-4,7-8,11H,5-6,9-10,16H2,1H3. The summed E-state index contributed by atoms with van der Waals surface area (Å²) in [6.45, 7) is 3.95. The van der Waals surface area contributed by atoms with E-state index in [0.29, 0.717) is 12.6 Å². The number of hydrogen-bond donors (Lipinski definition) is 1. The first-order chi connectivity index (χ1) is 9.29. The topological polar surface area (TPSA) is 42.2 Å². The summed E-state index contributed by atoms with van der Waals surface area (Å²) < 4.78 is 0. The third kappa shape index (κ3) is 2.38. The van der Waals surface area contributed by atoms with Crippen molar-refractivity contribution in [3.05, 3.63) is 35.2 Å². The largest absolute Gasteiger partial charge is 0.345 e. The van der Waals surface area contributed by atoms with Gasteiger partial charge in [-0.2, -0.15) is 0 Å². The Hall–Kier alpha value is -1.39. The molecule has 2 heterocycles. The molecular formula is C15H19N3S. The average molecular weight is 273 g/mol. The normalized spacial score (nSPS) is 19.1. The van der Waals surface area contributed by atoms with E-state index in [1.807, 2.05) is 18.2 Å². The molecule has 1 fully saturated rings. The minimum Gasteiger partial charge on any atom is -0.345 e. The van der Waals surface area contributed by atoms with Crippen molar-refractivity contribution in [1.82, 2.24) is 4.98 Å². The quantitative estimate of drug-likeness (QED) is 0.933. The summed E-state index contributed by atoms with van der Waals surface area (Å²) in [4.78, 5) is 8.44. The van der Waals surface area contributed by atoms with Crippen LogP contribution in [0.4, 0.5) is 5.13 Å². The van der Waals surface area contributed by atoms with Crippen LogP contribution in [0.15, 0.2) is 30.3 Å². The Bertz CT molecular complexity index is 550. The Morgan fingerprint density at radius 3 is 2.79 bits per heavy atom. The first-order valence-electron chi connectivity index (χ1n) is 6.81. The molecule has 0 radical (unpaired) electrons. The Labute approximate surface area is 118 Å². The molecular weight excluding hydrogens is 254 g/mol. The van der Waals surface area contributed by atoms with Crippen molar-refractivity contribution in [1.29, 1.82) is 0 Å². The minimum absolute atomic E-state index is 0.560. The highest BCUT2D eigenvalue weighted by Crippen LogP contribution is 2.35. The predicted octanol–water partition coefficient (Wildman–Crippen LogP) is 3.26. The molecule has 2 N–H and O–H groups in total. The summed E-state index contributed by atoms with van der Waals surface area (Å²) in [5, 5.41) is 1.13. The van der Waals surface area contributed by atoms with Crippen molar-refractivity contribution in [2.45, 2.75) is 32.4 Å². The van der Waals surface area contributed by atoms with Crippen LogP contribution in [0.3, 0.4) is 0 Å². The van der Waals surface area contributed by atoms with Crippen molar-refractivity contribution in [2.75, 3.05) is 11.4 Å². The third-order valence-corrected chi connectivity index (χ3v) is 4.83. The van der Waals surface area contributed by atoms with Gasteiger partial charge in [0.25, 0.3) is 0 Å². The number of hydrogen-bond acceptors (Lipinski definition) is 4. The number of nitrogens with zero attached hydrogens (tertiary/aromatic N) is 2. The van der Waals surface area contributed by atoms with Gasteiger partial charge in [-0.3, -0.25) is 0 Å². The molecule has 19 heavy (non-hydrogen) atoms. The average Bonchev–Trinajstić information content (AvgIpc) is 3.05. The fourth-order valence-electron chi connectivity index (χ4n) is 2.64. The Morgan fingerprint density at radius 1 is 1.37 bits per heavy atom. The number of anilines is 1. The van der Waals surface area contributed by atoms with Gasteiger partial charge in [-0.05, 0) is 19.8 Å². The van der Waals surface area contributed by atoms with Crippen LogP contribution < -0.4 is 10.6 Å². The highest BCUT2D eigenvalue weighted by atomic mass is 32.1. The van der Waals surface area contributed by atoms with Crippen molar-refractivity contribution in [3.8, 4) is 11.3 Å².